The number of rotatable bonds is 4. The van der Waals surface area contributed by atoms with Gasteiger partial charge in [0.2, 0.25) is 0 Å². The minimum atomic E-state index is -0.240. The maximum atomic E-state index is 12.2. The molecule has 2 aromatic rings. The number of hydrogen-bond donors (Lipinski definition) is 2. The topological polar surface area (TPSA) is 64.3 Å². The second-order valence-corrected chi connectivity index (χ2v) is 5.12. The highest BCUT2D eigenvalue weighted by molar-refractivity contribution is 6.34. The van der Waals surface area contributed by atoms with Crippen molar-refractivity contribution >= 4 is 23.2 Å². The molecule has 0 fully saturated rings. The molecule has 3 N–H and O–H groups in total. The van der Waals surface area contributed by atoms with Crippen LogP contribution in [-0.4, -0.2) is 13.0 Å². The summed E-state index contributed by atoms with van der Waals surface area (Å²) in [4.78, 5) is 12.2. The minimum Gasteiger partial charge on any atom is -0.497 e. The lowest BCUT2D eigenvalue weighted by Gasteiger charge is -2.16. The van der Waals surface area contributed by atoms with Crippen LogP contribution in [0.25, 0.3) is 0 Å². The van der Waals surface area contributed by atoms with E-state index in [0.29, 0.717) is 16.3 Å². The molecule has 0 saturated carbocycles. The van der Waals surface area contributed by atoms with Gasteiger partial charge < -0.3 is 15.8 Å². The van der Waals surface area contributed by atoms with Crippen molar-refractivity contribution in [2.24, 2.45) is 0 Å². The summed E-state index contributed by atoms with van der Waals surface area (Å²) in [5.41, 5.74) is 7.50. The molecule has 0 saturated heterocycles. The fourth-order valence-electron chi connectivity index (χ4n) is 1.98. The first-order valence-corrected chi connectivity index (χ1v) is 6.89. The van der Waals surface area contributed by atoms with Crippen LogP contribution in [0.15, 0.2) is 42.5 Å². The lowest BCUT2D eigenvalue weighted by Crippen LogP contribution is -2.26. The van der Waals surface area contributed by atoms with E-state index in [1.807, 2.05) is 31.2 Å². The lowest BCUT2D eigenvalue weighted by molar-refractivity contribution is 0.0940. The number of anilines is 1. The summed E-state index contributed by atoms with van der Waals surface area (Å²) in [6, 6.07) is 12.2. The van der Waals surface area contributed by atoms with Gasteiger partial charge in [0.1, 0.15) is 5.75 Å². The van der Waals surface area contributed by atoms with E-state index in [0.717, 1.165) is 11.3 Å². The van der Waals surface area contributed by atoms with Gasteiger partial charge in [-0.1, -0.05) is 23.7 Å². The first-order chi connectivity index (χ1) is 10.0. The first kappa shape index (κ1) is 15.2. The fourth-order valence-corrected chi connectivity index (χ4v) is 2.26. The zero-order valence-electron chi connectivity index (χ0n) is 11.9. The van der Waals surface area contributed by atoms with Crippen LogP contribution in [0.3, 0.4) is 0 Å². The molecule has 0 aromatic heterocycles. The van der Waals surface area contributed by atoms with Crippen LogP contribution in [-0.2, 0) is 0 Å². The van der Waals surface area contributed by atoms with Crippen molar-refractivity contribution in [2.75, 3.05) is 12.8 Å². The van der Waals surface area contributed by atoms with Crippen molar-refractivity contribution in [1.29, 1.82) is 0 Å². The standard InChI is InChI=1S/C16H17ClN2O2/c1-10(11-4-3-5-13(8-11)21-2)19-16(20)14-7-6-12(18)9-15(14)17/h3-10H,18H2,1-2H3,(H,19,20). The number of halogens is 1. The third-order valence-corrected chi connectivity index (χ3v) is 3.49. The molecule has 0 bridgehead atoms. The summed E-state index contributed by atoms with van der Waals surface area (Å²) in [5, 5.41) is 3.24. The third kappa shape index (κ3) is 3.67. The molecule has 0 aliphatic carbocycles. The van der Waals surface area contributed by atoms with Gasteiger partial charge in [-0.25, -0.2) is 0 Å². The second kappa shape index (κ2) is 6.50. The molecule has 4 nitrogen and oxygen atoms in total. The molecule has 5 heteroatoms. The van der Waals surface area contributed by atoms with E-state index < -0.39 is 0 Å². The number of nitrogens with two attached hydrogens (primary N) is 1. The zero-order chi connectivity index (χ0) is 15.4. The van der Waals surface area contributed by atoms with E-state index in [1.165, 1.54) is 0 Å². The van der Waals surface area contributed by atoms with E-state index in [-0.39, 0.29) is 11.9 Å². The molecule has 0 spiro atoms. The molecule has 1 amide bonds. The molecular formula is C16H17ClN2O2. The van der Waals surface area contributed by atoms with Crippen LogP contribution in [0.2, 0.25) is 5.02 Å². The number of amides is 1. The van der Waals surface area contributed by atoms with Crippen molar-refractivity contribution in [3.63, 3.8) is 0 Å². The van der Waals surface area contributed by atoms with Gasteiger partial charge in [0.25, 0.3) is 5.91 Å². The molecule has 0 aliphatic heterocycles. The van der Waals surface area contributed by atoms with E-state index in [1.54, 1.807) is 25.3 Å². The van der Waals surface area contributed by atoms with Crippen LogP contribution in [0.5, 0.6) is 5.75 Å². The smallest absolute Gasteiger partial charge is 0.253 e. The number of hydrogen-bond acceptors (Lipinski definition) is 3. The van der Waals surface area contributed by atoms with E-state index in [2.05, 4.69) is 5.32 Å². The predicted molar refractivity (Wildman–Crippen MR) is 84.7 cm³/mol. The Kier molecular flexibility index (Phi) is 4.70. The quantitative estimate of drug-likeness (QED) is 0.851. The van der Waals surface area contributed by atoms with Crippen molar-refractivity contribution in [3.8, 4) is 5.75 Å². The van der Waals surface area contributed by atoms with Gasteiger partial charge >= 0.3 is 0 Å². The van der Waals surface area contributed by atoms with Gasteiger partial charge in [0, 0.05) is 5.69 Å². The molecule has 110 valence electrons. The predicted octanol–water partition coefficient (Wildman–Crippen LogP) is 3.42. The summed E-state index contributed by atoms with van der Waals surface area (Å²) in [6.45, 7) is 1.90. The van der Waals surface area contributed by atoms with Gasteiger partial charge in [0.05, 0.1) is 23.7 Å². The number of benzene rings is 2. The van der Waals surface area contributed by atoms with Gasteiger partial charge in [-0.2, -0.15) is 0 Å². The fraction of sp³-hybridized carbons (Fsp3) is 0.188. The summed E-state index contributed by atoms with van der Waals surface area (Å²) >= 11 is 6.04. The van der Waals surface area contributed by atoms with Crippen LogP contribution in [0.4, 0.5) is 5.69 Å². The number of carbonyl (C=O) groups excluding carboxylic acids is 1. The Morgan fingerprint density at radius 1 is 1.29 bits per heavy atom. The highest BCUT2D eigenvalue weighted by atomic mass is 35.5. The maximum absolute atomic E-state index is 12.2. The van der Waals surface area contributed by atoms with Crippen molar-refractivity contribution in [2.45, 2.75) is 13.0 Å². The maximum Gasteiger partial charge on any atom is 0.253 e. The van der Waals surface area contributed by atoms with Crippen LogP contribution >= 0.6 is 11.6 Å². The Morgan fingerprint density at radius 3 is 2.71 bits per heavy atom. The Hall–Kier alpha value is -2.20. The number of nitrogen functional groups attached to an aromatic ring is 1. The Labute approximate surface area is 128 Å². The van der Waals surface area contributed by atoms with Crippen molar-refractivity contribution in [3.05, 3.63) is 58.6 Å². The zero-order valence-corrected chi connectivity index (χ0v) is 12.6. The Balaban J connectivity index is 2.14. The minimum absolute atomic E-state index is 0.166. The summed E-state index contributed by atoms with van der Waals surface area (Å²) < 4.78 is 5.18. The molecule has 0 aliphatic rings. The van der Waals surface area contributed by atoms with Crippen LogP contribution in [0.1, 0.15) is 28.9 Å². The van der Waals surface area contributed by atoms with Gasteiger partial charge in [-0.05, 0) is 42.8 Å². The summed E-state index contributed by atoms with van der Waals surface area (Å²) in [6.07, 6.45) is 0. The van der Waals surface area contributed by atoms with Crippen LogP contribution in [0, 0.1) is 0 Å². The van der Waals surface area contributed by atoms with E-state index in [4.69, 9.17) is 22.1 Å². The molecule has 0 radical (unpaired) electrons. The first-order valence-electron chi connectivity index (χ1n) is 6.51. The number of ether oxygens (including phenoxy) is 1. The van der Waals surface area contributed by atoms with E-state index >= 15 is 0 Å². The average molecular weight is 305 g/mol. The van der Waals surface area contributed by atoms with Gasteiger partial charge in [-0.15, -0.1) is 0 Å². The molecule has 21 heavy (non-hydrogen) atoms. The lowest BCUT2D eigenvalue weighted by atomic mass is 10.1. The molecular weight excluding hydrogens is 288 g/mol. The number of methoxy groups -OCH3 is 1. The largest absolute Gasteiger partial charge is 0.497 e. The average Bonchev–Trinajstić information content (AvgIpc) is 2.47. The Morgan fingerprint density at radius 2 is 2.05 bits per heavy atom. The monoisotopic (exact) mass is 304 g/mol. The molecule has 1 unspecified atom stereocenters. The molecule has 1 atom stereocenters. The third-order valence-electron chi connectivity index (χ3n) is 3.18. The van der Waals surface area contributed by atoms with Gasteiger partial charge in [-0.3, -0.25) is 4.79 Å². The molecule has 0 heterocycles. The highest BCUT2D eigenvalue weighted by Gasteiger charge is 2.14. The Bertz CT molecular complexity index is 658. The number of nitrogens with one attached hydrogen (secondary N) is 1. The summed E-state index contributed by atoms with van der Waals surface area (Å²) in [7, 11) is 1.61. The number of carbonyl (C=O) groups is 1. The SMILES string of the molecule is COc1cccc(C(C)NC(=O)c2ccc(N)cc2Cl)c1. The molecule has 2 rings (SSSR count). The van der Waals surface area contributed by atoms with Crippen molar-refractivity contribution in [1.82, 2.24) is 5.32 Å². The van der Waals surface area contributed by atoms with Crippen molar-refractivity contribution < 1.29 is 9.53 Å². The van der Waals surface area contributed by atoms with E-state index in [9.17, 15) is 4.79 Å². The van der Waals surface area contributed by atoms with Crippen LogP contribution < -0.4 is 15.8 Å². The highest BCUT2D eigenvalue weighted by Crippen LogP contribution is 2.22. The second-order valence-electron chi connectivity index (χ2n) is 4.71. The van der Waals surface area contributed by atoms with Gasteiger partial charge in [0.15, 0.2) is 0 Å². The molecule has 2 aromatic carbocycles. The summed E-state index contributed by atoms with van der Waals surface area (Å²) in [5.74, 6) is 0.509. The normalized spacial score (nSPS) is 11.8.